The molecule has 2 atom stereocenters. The Balaban J connectivity index is 1.93. The highest BCUT2D eigenvalue weighted by Crippen LogP contribution is 2.26. The molecule has 3 rings (SSSR count). The normalized spacial score (nSPS) is 20.2. The summed E-state index contributed by atoms with van der Waals surface area (Å²) in [7, 11) is 0. The van der Waals surface area contributed by atoms with Crippen LogP contribution in [0.3, 0.4) is 0 Å². The maximum atomic E-state index is 12.5. The van der Waals surface area contributed by atoms with Gasteiger partial charge in [0.15, 0.2) is 0 Å². The van der Waals surface area contributed by atoms with E-state index in [1.54, 1.807) is 0 Å². The molecule has 5 nitrogen and oxygen atoms in total. The molecular formula is C21H25ClN2O3. The molecular weight excluding hydrogens is 364 g/mol. The van der Waals surface area contributed by atoms with Crippen LogP contribution in [-0.4, -0.2) is 34.1 Å². The number of aliphatic hydroxyl groups excluding tert-OH is 2. The SMILES string of the molecule is O=c1[nH]c(/C(=C/[C@H]2CCC(O)N2)c2ccc(Cl)cc2)ccc1CCCCO. The molecule has 6 heteroatoms. The first-order valence-electron chi connectivity index (χ1n) is 9.32. The van der Waals surface area contributed by atoms with Crippen molar-refractivity contribution in [2.75, 3.05) is 6.61 Å². The van der Waals surface area contributed by atoms with Crippen LogP contribution in [0.25, 0.3) is 5.57 Å². The van der Waals surface area contributed by atoms with Gasteiger partial charge in [-0.3, -0.25) is 10.1 Å². The van der Waals surface area contributed by atoms with Gasteiger partial charge in [-0.1, -0.05) is 35.9 Å². The van der Waals surface area contributed by atoms with Crippen molar-refractivity contribution in [2.45, 2.75) is 44.4 Å². The molecule has 4 N–H and O–H groups in total. The number of aliphatic hydroxyl groups is 2. The van der Waals surface area contributed by atoms with E-state index in [1.807, 2.05) is 36.4 Å². The van der Waals surface area contributed by atoms with Crippen molar-refractivity contribution in [3.8, 4) is 0 Å². The van der Waals surface area contributed by atoms with Crippen LogP contribution in [0.15, 0.2) is 47.3 Å². The van der Waals surface area contributed by atoms with E-state index in [0.29, 0.717) is 24.3 Å². The lowest BCUT2D eigenvalue weighted by molar-refractivity contribution is 0.157. The Kier molecular flexibility index (Phi) is 6.85. The number of aryl methyl sites for hydroxylation is 1. The number of aromatic nitrogens is 1. The third kappa shape index (κ3) is 5.30. The second-order valence-corrected chi connectivity index (χ2v) is 7.30. The summed E-state index contributed by atoms with van der Waals surface area (Å²) in [4.78, 5) is 15.5. The second-order valence-electron chi connectivity index (χ2n) is 6.86. The van der Waals surface area contributed by atoms with Crippen molar-refractivity contribution < 1.29 is 10.2 Å². The van der Waals surface area contributed by atoms with Crippen LogP contribution in [0.2, 0.25) is 5.02 Å². The largest absolute Gasteiger partial charge is 0.396 e. The minimum absolute atomic E-state index is 0.0402. The number of benzene rings is 1. The molecule has 0 radical (unpaired) electrons. The zero-order chi connectivity index (χ0) is 19.2. The summed E-state index contributed by atoms with van der Waals surface area (Å²) in [5.41, 5.74) is 3.20. The molecule has 2 aromatic rings. The first-order chi connectivity index (χ1) is 13.1. The molecule has 0 bridgehead atoms. The van der Waals surface area contributed by atoms with Gasteiger partial charge in [-0.2, -0.15) is 0 Å². The maximum Gasteiger partial charge on any atom is 0.251 e. The summed E-state index contributed by atoms with van der Waals surface area (Å²) in [6.45, 7) is 0.139. The van der Waals surface area contributed by atoms with Gasteiger partial charge in [0.25, 0.3) is 5.56 Å². The second kappa shape index (κ2) is 9.33. The van der Waals surface area contributed by atoms with Crippen molar-refractivity contribution in [1.82, 2.24) is 10.3 Å². The molecule has 1 aliphatic rings. The van der Waals surface area contributed by atoms with Gasteiger partial charge >= 0.3 is 0 Å². The van der Waals surface area contributed by atoms with E-state index in [4.69, 9.17) is 16.7 Å². The monoisotopic (exact) mass is 388 g/mol. The number of aromatic amines is 1. The molecule has 1 aromatic carbocycles. The number of halogens is 1. The predicted octanol–water partition coefficient (Wildman–Crippen LogP) is 2.85. The predicted molar refractivity (Wildman–Crippen MR) is 108 cm³/mol. The fraction of sp³-hybridized carbons (Fsp3) is 0.381. The summed E-state index contributed by atoms with van der Waals surface area (Å²) >= 11 is 6.02. The Labute approximate surface area is 163 Å². The van der Waals surface area contributed by atoms with E-state index in [0.717, 1.165) is 35.2 Å². The topological polar surface area (TPSA) is 85.4 Å². The van der Waals surface area contributed by atoms with Gasteiger partial charge in [-0.25, -0.2) is 0 Å². The van der Waals surface area contributed by atoms with Gasteiger partial charge in [0.2, 0.25) is 0 Å². The molecule has 0 saturated carbocycles. The quantitative estimate of drug-likeness (QED) is 0.549. The van der Waals surface area contributed by atoms with E-state index in [2.05, 4.69) is 16.4 Å². The third-order valence-electron chi connectivity index (χ3n) is 4.82. The van der Waals surface area contributed by atoms with Crippen molar-refractivity contribution in [2.24, 2.45) is 0 Å². The van der Waals surface area contributed by atoms with Gasteiger partial charge in [0.1, 0.15) is 6.23 Å². The van der Waals surface area contributed by atoms with Gasteiger partial charge in [-0.15, -0.1) is 0 Å². The van der Waals surface area contributed by atoms with Gasteiger partial charge in [0.05, 0.1) is 0 Å². The molecule has 0 aliphatic carbocycles. The average molecular weight is 389 g/mol. The highest BCUT2D eigenvalue weighted by Gasteiger charge is 2.21. The Morgan fingerprint density at radius 2 is 1.93 bits per heavy atom. The third-order valence-corrected chi connectivity index (χ3v) is 5.07. The fourth-order valence-corrected chi connectivity index (χ4v) is 3.47. The summed E-state index contributed by atoms with van der Waals surface area (Å²) in [5, 5.41) is 22.4. The average Bonchev–Trinajstić information content (AvgIpc) is 3.07. The first-order valence-corrected chi connectivity index (χ1v) is 9.70. The minimum atomic E-state index is -0.495. The van der Waals surface area contributed by atoms with Crippen LogP contribution >= 0.6 is 11.6 Å². The Morgan fingerprint density at radius 3 is 2.56 bits per heavy atom. The number of nitrogens with one attached hydrogen (secondary N) is 2. The van der Waals surface area contributed by atoms with Gasteiger partial charge < -0.3 is 15.2 Å². The number of hydrogen-bond donors (Lipinski definition) is 4. The van der Waals surface area contributed by atoms with Gasteiger partial charge in [-0.05, 0) is 55.9 Å². The first kappa shape index (κ1) is 19.8. The van der Waals surface area contributed by atoms with Crippen LogP contribution < -0.4 is 10.9 Å². The number of hydrogen-bond acceptors (Lipinski definition) is 4. The van der Waals surface area contributed by atoms with Crippen molar-refractivity contribution in [1.29, 1.82) is 0 Å². The number of unbranched alkanes of at least 4 members (excludes halogenated alkanes) is 1. The van der Waals surface area contributed by atoms with Crippen LogP contribution in [0.1, 0.15) is 42.5 Å². The van der Waals surface area contributed by atoms with Crippen LogP contribution in [0.5, 0.6) is 0 Å². The molecule has 0 amide bonds. The van der Waals surface area contributed by atoms with E-state index in [1.165, 1.54) is 0 Å². The van der Waals surface area contributed by atoms with E-state index in [-0.39, 0.29) is 18.2 Å². The lowest BCUT2D eigenvalue weighted by atomic mass is 9.98. The molecule has 1 aliphatic heterocycles. The Morgan fingerprint density at radius 1 is 1.15 bits per heavy atom. The van der Waals surface area contributed by atoms with Crippen LogP contribution in [0, 0.1) is 0 Å². The Hall–Kier alpha value is -1.92. The van der Waals surface area contributed by atoms with Crippen molar-refractivity contribution >= 4 is 17.2 Å². The lowest BCUT2D eigenvalue weighted by Crippen LogP contribution is -2.27. The maximum absolute atomic E-state index is 12.5. The van der Waals surface area contributed by atoms with Crippen LogP contribution in [0.4, 0.5) is 0 Å². The Bertz CT molecular complexity index is 845. The molecule has 1 unspecified atom stereocenters. The summed E-state index contributed by atoms with van der Waals surface area (Å²) in [6, 6.07) is 11.3. The van der Waals surface area contributed by atoms with Crippen molar-refractivity contribution in [3.05, 3.63) is 74.7 Å². The zero-order valence-electron chi connectivity index (χ0n) is 15.1. The molecule has 0 spiro atoms. The molecule has 144 valence electrons. The fourth-order valence-electron chi connectivity index (χ4n) is 3.34. The smallest absolute Gasteiger partial charge is 0.251 e. The number of pyridine rings is 1. The number of rotatable bonds is 7. The zero-order valence-corrected chi connectivity index (χ0v) is 15.9. The van der Waals surface area contributed by atoms with E-state index < -0.39 is 6.23 Å². The lowest BCUT2D eigenvalue weighted by Gasteiger charge is -2.13. The summed E-state index contributed by atoms with van der Waals surface area (Å²) < 4.78 is 0. The number of H-pyrrole nitrogens is 1. The highest BCUT2D eigenvalue weighted by molar-refractivity contribution is 6.30. The molecule has 27 heavy (non-hydrogen) atoms. The molecule has 1 aromatic heterocycles. The molecule has 1 fully saturated rings. The van der Waals surface area contributed by atoms with E-state index >= 15 is 0 Å². The standard InChI is InChI=1S/C21H25ClN2O3/c22-16-7-4-14(5-8-16)18(13-17-9-11-20(26)23-17)19-10-6-15(21(27)24-19)3-1-2-12-25/h4-8,10,13,17,20,23,25-26H,1-3,9,11-12H2,(H,24,27)/b18-13+/t17-,20?/m1/s1. The van der Waals surface area contributed by atoms with Gasteiger partial charge in [0, 0.05) is 34.5 Å². The van der Waals surface area contributed by atoms with Crippen LogP contribution in [-0.2, 0) is 6.42 Å². The van der Waals surface area contributed by atoms with E-state index in [9.17, 15) is 9.90 Å². The summed E-state index contributed by atoms with van der Waals surface area (Å²) in [6.07, 6.45) is 5.21. The summed E-state index contributed by atoms with van der Waals surface area (Å²) in [5.74, 6) is 0. The highest BCUT2D eigenvalue weighted by atomic mass is 35.5. The molecule has 1 saturated heterocycles. The minimum Gasteiger partial charge on any atom is -0.396 e. The molecule has 2 heterocycles. The van der Waals surface area contributed by atoms with Crippen molar-refractivity contribution in [3.63, 3.8) is 0 Å².